The number of fused-ring (bicyclic) bond motifs is 1. The summed E-state index contributed by atoms with van der Waals surface area (Å²) in [5.74, 6) is 0.404. The van der Waals surface area contributed by atoms with Gasteiger partial charge in [0.05, 0.1) is 23.1 Å². The second kappa shape index (κ2) is 12.3. The van der Waals surface area contributed by atoms with Crippen LogP contribution in [0.3, 0.4) is 0 Å². The topological polar surface area (TPSA) is 104 Å². The van der Waals surface area contributed by atoms with Crippen molar-refractivity contribution < 1.29 is 23.7 Å². The van der Waals surface area contributed by atoms with Crippen molar-refractivity contribution in [1.29, 1.82) is 5.26 Å². The Morgan fingerprint density at radius 3 is 2.44 bits per heavy atom. The summed E-state index contributed by atoms with van der Waals surface area (Å²) in [7, 11) is 0. The summed E-state index contributed by atoms with van der Waals surface area (Å²) in [6.45, 7) is 2.53. The van der Waals surface area contributed by atoms with Crippen LogP contribution in [0.1, 0.15) is 39.9 Å². The van der Waals surface area contributed by atoms with E-state index in [0.29, 0.717) is 34.4 Å². The molecule has 0 saturated heterocycles. The summed E-state index contributed by atoms with van der Waals surface area (Å²) < 4.78 is 23.3. The van der Waals surface area contributed by atoms with Crippen molar-refractivity contribution in [3.05, 3.63) is 129 Å². The Morgan fingerprint density at radius 2 is 1.71 bits per heavy atom. The van der Waals surface area contributed by atoms with Crippen LogP contribution in [0.15, 0.2) is 96.4 Å². The predicted molar refractivity (Wildman–Crippen MR) is 156 cm³/mol. The van der Waals surface area contributed by atoms with E-state index < -0.39 is 11.9 Å². The van der Waals surface area contributed by atoms with Crippen molar-refractivity contribution in [2.24, 2.45) is 5.73 Å². The molecule has 1 aliphatic heterocycles. The highest BCUT2D eigenvalue weighted by molar-refractivity contribution is 6.33. The number of hydrogen-bond donors (Lipinski definition) is 1. The fourth-order valence-electron chi connectivity index (χ4n) is 4.49. The van der Waals surface area contributed by atoms with Gasteiger partial charge in [0.15, 0.2) is 11.5 Å². The molecule has 41 heavy (non-hydrogen) atoms. The van der Waals surface area contributed by atoms with Crippen molar-refractivity contribution in [3.63, 3.8) is 0 Å². The molecule has 0 amide bonds. The number of hydrogen-bond acceptors (Lipinski definition) is 7. The first-order chi connectivity index (χ1) is 19.9. The maximum atomic E-state index is 12.7. The van der Waals surface area contributed by atoms with E-state index in [1.54, 1.807) is 54.6 Å². The molecule has 0 spiro atoms. The normalized spacial score (nSPS) is 14.0. The first-order valence-electron chi connectivity index (χ1n) is 12.7. The molecule has 9 heteroatoms. The smallest absolute Gasteiger partial charge is 0.345 e. The van der Waals surface area contributed by atoms with E-state index in [9.17, 15) is 10.1 Å². The summed E-state index contributed by atoms with van der Waals surface area (Å²) in [6.07, 6.45) is 0. The monoisotopic (exact) mass is 586 g/mol. The molecule has 0 saturated carbocycles. The molecule has 2 N–H and O–H groups in total. The van der Waals surface area contributed by atoms with Gasteiger partial charge >= 0.3 is 5.97 Å². The standard InChI is InChI=1S/C32H24Cl2N2O5/c1-2-38-29-15-19(11-14-27(29)39-18-20-7-3-5-9-25(20)33)30-23-13-12-21(16-28(23)41-31(36)24(30)17-35)40-32(37)22-8-4-6-10-26(22)34/h3-16,30H,2,18,36H2,1H3. The van der Waals surface area contributed by atoms with Crippen molar-refractivity contribution in [3.8, 4) is 29.1 Å². The lowest BCUT2D eigenvalue weighted by molar-refractivity contribution is 0.0734. The maximum absolute atomic E-state index is 12.7. The van der Waals surface area contributed by atoms with E-state index in [1.807, 2.05) is 37.3 Å². The predicted octanol–water partition coefficient (Wildman–Crippen LogP) is 7.41. The van der Waals surface area contributed by atoms with Gasteiger partial charge in [-0.25, -0.2) is 4.79 Å². The van der Waals surface area contributed by atoms with Crippen LogP contribution in [-0.4, -0.2) is 12.6 Å². The van der Waals surface area contributed by atoms with Crippen LogP contribution in [0.2, 0.25) is 10.0 Å². The fourth-order valence-corrected chi connectivity index (χ4v) is 4.90. The molecule has 7 nitrogen and oxygen atoms in total. The quantitative estimate of drug-likeness (QED) is 0.169. The molecule has 1 heterocycles. The summed E-state index contributed by atoms with van der Waals surface area (Å²) >= 11 is 12.4. The molecule has 0 fully saturated rings. The SMILES string of the molecule is CCOc1cc(C2C(C#N)=C(N)Oc3cc(OC(=O)c4ccccc4Cl)ccc32)ccc1OCc1ccccc1Cl. The van der Waals surface area contributed by atoms with Gasteiger partial charge in [-0.2, -0.15) is 5.26 Å². The Labute approximate surface area is 247 Å². The van der Waals surface area contributed by atoms with E-state index in [2.05, 4.69) is 6.07 Å². The van der Waals surface area contributed by atoms with Crippen LogP contribution in [0, 0.1) is 11.3 Å². The van der Waals surface area contributed by atoms with Crippen molar-refractivity contribution in [2.45, 2.75) is 19.4 Å². The van der Waals surface area contributed by atoms with Gasteiger partial charge in [0.25, 0.3) is 0 Å². The molecule has 0 aliphatic carbocycles. The third-order valence-corrected chi connectivity index (χ3v) is 7.14. The molecule has 4 aromatic rings. The Hall–Kier alpha value is -4.64. The molecule has 0 bridgehead atoms. The highest BCUT2D eigenvalue weighted by Crippen LogP contribution is 2.45. The minimum absolute atomic E-state index is 0.0448. The molecular weight excluding hydrogens is 563 g/mol. The van der Waals surface area contributed by atoms with Gasteiger partial charge in [0.2, 0.25) is 5.88 Å². The molecule has 4 aromatic carbocycles. The number of carbonyl (C=O) groups is 1. The summed E-state index contributed by atoms with van der Waals surface area (Å²) in [4.78, 5) is 12.7. The zero-order valence-electron chi connectivity index (χ0n) is 21.9. The Bertz CT molecular complexity index is 1700. The molecular formula is C32H24Cl2N2O5. The number of rotatable bonds is 8. The second-order valence-corrected chi connectivity index (χ2v) is 9.83. The molecule has 0 radical (unpaired) electrons. The van der Waals surface area contributed by atoms with Crippen LogP contribution >= 0.6 is 23.2 Å². The summed E-state index contributed by atoms with van der Waals surface area (Å²) in [5.41, 5.74) is 8.91. The average molecular weight is 587 g/mol. The molecule has 1 unspecified atom stereocenters. The van der Waals surface area contributed by atoms with Gasteiger partial charge in [-0.1, -0.05) is 65.7 Å². The van der Waals surface area contributed by atoms with Gasteiger partial charge in [0, 0.05) is 22.2 Å². The van der Waals surface area contributed by atoms with E-state index in [0.717, 1.165) is 11.1 Å². The molecule has 1 aliphatic rings. The maximum Gasteiger partial charge on any atom is 0.345 e. The number of nitrogens with two attached hydrogens (primary N) is 1. The first kappa shape index (κ1) is 27.9. The van der Waals surface area contributed by atoms with Crippen molar-refractivity contribution in [1.82, 2.24) is 0 Å². The number of carbonyl (C=O) groups excluding carboxylic acids is 1. The van der Waals surface area contributed by atoms with Crippen molar-refractivity contribution >= 4 is 29.2 Å². The van der Waals surface area contributed by atoms with Crippen molar-refractivity contribution in [2.75, 3.05) is 6.61 Å². The molecule has 206 valence electrons. The zero-order chi connectivity index (χ0) is 28.9. The van der Waals surface area contributed by atoms with E-state index in [1.165, 1.54) is 0 Å². The number of ether oxygens (including phenoxy) is 4. The first-order valence-corrected chi connectivity index (χ1v) is 13.5. The average Bonchev–Trinajstić information content (AvgIpc) is 2.97. The van der Waals surface area contributed by atoms with E-state index >= 15 is 0 Å². The third-order valence-electron chi connectivity index (χ3n) is 6.44. The second-order valence-electron chi connectivity index (χ2n) is 9.01. The number of allylic oxidation sites excluding steroid dienone is 1. The lowest BCUT2D eigenvalue weighted by Gasteiger charge is -2.27. The third kappa shape index (κ3) is 5.94. The Kier molecular flexibility index (Phi) is 8.34. The highest BCUT2D eigenvalue weighted by Gasteiger charge is 2.32. The fraction of sp³-hybridized carbons (Fsp3) is 0.125. The largest absolute Gasteiger partial charge is 0.490 e. The summed E-state index contributed by atoms with van der Waals surface area (Å²) in [5, 5.41) is 10.9. The Balaban J connectivity index is 1.46. The minimum Gasteiger partial charge on any atom is -0.490 e. The van der Waals surface area contributed by atoms with Gasteiger partial charge < -0.3 is 24.7 Å². The number of esters is 1. The Morgan fingerprint density at radius 1 is 0.951 bits per heavy atom. The molecule has 0 aromatic heterocycles. The number of nitrogens with zero attached hydrogens (tertiary/aromatic N) is 1. The minimum atomic E-state index is -0.613. The van der Waals surface area contributed by atoms with Gasteiger partial charge in [-0.3, -0.25) is 0 Å². The zero-order valence-corrected chi connectivity index (χ0v) is 23.4. The molecule has 1 atom stereocenters. The van der Waals surface area contributed by atoms with Gasteiger partial charge in [-0.05, 0) is 48.9 Å². The van der Waals surface area contributed by atoms with Gasteiger partial charge in [0.1, 0.15) is 29.7 Å². The van der Waals surface area contributed by atoms with Crippen LogP contribution < -0.4 is 24.7 Å². The van der Waals surface area contributed by atoms with E-state index in [-0.39, 0.29) is 34.4 Å². The number of benzene rings is 4. The van der Waals surface area contributed by atoms with Crippen LogP contribution in [0.5, 0.6) is 23.0 Å². The van der Waals surface area contributed by atoms with Gasteiger partial charge in [-0.15, -0.1) is 0 Å². The van der Waals surface area contributed by atoms with Crippen LogP contribution in [0.4, 0.5) is 0 Å². The number of nitriles is 1. The highest BCUT2D eigenvalue weighted by atomic mass is 35.5. The van der Waals surface area contributed by atoms with Crippen LogP contribution in [0.25, 0.3) is 0 Å². The van der Waals surface area contributed by atoms with Crippen LogP contribution in [-0.2, 0) is 6.61 Å². The number of halogens is 2. The lowest BCUT2D eigenvalue weighted by atomic mass is 9.83. The lowest BCUT2D eigenvalue weighted by Crippen LogP contribution is -2.21. The summed E-state index contributed by atoms with van der Waals surface area (Å²) in [6, 6.07) is 26.6. The van der Waals surface area contributed by atoms with E-state index in [4.69, 9.17) is 47.9 Å². The molecule has 5 rings (SSSR count).